The van der Waals surface area contributed by atoms with Crippen molar-refractivity contribution in [2.24, 2.45) is 0 Å². The van der Waals surface area contributed by atoms with Crippen LogP contribution >= 0.6 is 0 Å². The van der Waals surface area contributed by atoms with Gasteiger partial charge in [0.1, 0.15) is 5.75 Å². The predicted molar refractivity (Wildman–Crippen MR) is 80.8 cm³/mol. The number of ether oxygens (including phenoxy) is 1. The van der Waals surface area contributed by atoms with Gasteiger partial charge in [0.15, 0.2) is 0 Å². The van der Waals surface area contributed by atoms with Crippen molar-refractivity contribution in [3.63, 3.8) is 0 Å². The standard InChI is InChI=1S/C16H18N2O2/c1-20-15-5-3-2-4-14(15)18-16(19)11-8-12-6-9-13(17)10-7-12/h2-7,9-10H,8,11,17H2,1H3,(H,18,19). The summed E-state index contributed by atoms with van der Waals surface area (Å²) in [7, 11) is 1.58. The first-order valence-corrected chi connectivity index (χ1v) is 6.46. The zero-order valence-corrected chi connectivity index (χ0v) is 11.4. The molecule has 4 nitrogen and oxygen atoms in total. The van der Waals surface area contributed by atoms with Crippen molar-refractivity contribution in [3.05, 3.63) is 54.1 Å². The summed E-state index contributed by atoms with van der Waals surface area (Å²) < 4.78 is 5.19. The van der Waals surface area contributed by atoms with E-state index in [9.17, 15) is 4.79 Å². The Balaban J connectivity index is 1.91. The molecule has 0 radical (unpaired) electrons. The number of para-hydroxylation sites is 2. The number of methoxy groups -OCH3 is 1. The number of hydrogen-bond acceptors (Lipinski definition) is 3. The number of rotatable bonds is 5. The van der Waals surface area contributed by atoms with Crippen LogP contribution in [0.25, 0.3) is 0 Å². The Kier molecular flexibility index (Phi) is 4.60. The quantitative estimate of drug-likeness (QED) is 0.821. The highest BCUT2D eigenvalue weighted by atomic mass is 16.5. The van der Waals surface area contributed by atoms with Gasteiger partial charge < -0.3 is 15.8 Å². The van der Waals surface area contributed by atoms with Gasteiger partial charge in [-0.1, -0.05) is 24.3 Å². The van der Waals surface area contributed by atoms with Gasteiger partial charge in [-0.25, -0.2) is 0 Å². The number of benzene rings is 2. The van der Waals surface area contributed by atoms with Gasteiger partial charge >= 0.3 is 0 Å². The van der Waals surface area contributed by atoms with Crippen LogP contribution in [0.15, 0.2) is 48.5 Å². The Morgan fingerprint density at radius 1 is 1.15 bits per heavy atom. The Hall–Kier alpha value is -2.49. The summed E-state index contributed by atoms with van der Waals surface area (Å²) >= 11 is 0. The smallest absolute Gasteiger partial charge is 0.224 e. The first kappa shape index (κ1) is 13.9. The van der Waals surface area contributed by atoms with E-state index in [-0.39, 0.29) is 5.91 Å². The summed E-state index contributed by atoms with van der Waals surface area (Å²) in [5, 5.41) is 2.85. The first-order valence-electron chi connectivity index (χ1n) is 6.46. The normalized spacial score (nSPS) is 10.1. The first-order chi connectivity index (χ1) is 9.69. The van der Waals surface area contributed by atoms with Gasteiger partial charge in [-0.3, -0.25) is 4.79 Å². The lowest BCUT2D eigenvalue weighted by molar-refractivity contribution is -0.116. The van der Waals surface area contributed by atoms with E-state index in [1.807, 2.05) is 48.5 Å². The number of hydrogen-bond donors (Lipinski definition) is 2. The van der Waals surface area contributed by atoms with Crippen LogP contribution in [0.3, 0.4) is 0 Å². The fraction of sp³-hybridized carbons (Fsp3) is 0.188. The third kappa shape index (κ3) is 3.75. The highest BCUT2D eigenvalue weighted by Crippen LogP contribution is 2.23. The van der Waals surface area contributed by atoms with Crippen molar-refractivity contribution in [3.8, 4) is 5.75 Å². The van der Waals surface area contributed by atoms with Crippen molar-refractivity contribution < 1.29 is 9.53 Å². The molecule has 4 heteroatoms. The molecule has 0 saturated heterocycles. The summed E-state index contributed by atoms with van der Waals surface area (Å²) in [5.41, 5.74) is 8.14. The van der Waals surface area contributed by atoms with Crippen LogP contribution in [-0.4, -0.2) is 13.0 Å². The van der Waals surface area contributed by atoms with Crippen LogP contribution < -0.4 is 15.8 Å². The lowest BCUT2D eigenvalue weighted by atomic mass is 10.1. The fourth-order valence-electron chi connectivity index (χ4n) is 1.90. The number of carbonyl (C=O) groups excluding carboxylic acids is 1. The van der Waals surface area contributed by atoms with Crippen LogP contribution in [0.4, 0.5) is 11.4 Å². The second-order valence-electron chi connectivity index (χ2n) is 4.49. The molecule has 0 aliphatic heterocycles. The summed E-state index contributed by atoms with van der Waals surface area (Å²) in [6.45, 7) is 0. The van der Waals surface area contributed by atoms with Gasteiger partial charge in [-0.2, -0.15) is 0 Å². The molecule has 2 aromatic carbocycles. The number of aryl methyl sites for hydroxylation is 1. The van der Waals surface area contributed by atoms with Crippen molar-refractivity contribution in [2.75, 3.05) is 18.2 Å². The SMILES string of the molecule is COc1ccccc1NC(=O)CCc1ccc(N)cc1. The van der Waals surface area contributed by atoms with E-state index in [0.717, 1.165) is 11.3 Å². The van der Waals surface area contributed by atoms with Crippen LogP contribution in [0.5, 0.6) is 5.75 Å². The molecule has 0 fully saturated rings. The van der Waals surface area contributed by atoms with Crippen LogP contribution in [0.1, 0.15) is 12.0 Å². The summed E-state index contributed by atoms with van der Waals surface area (Å²) in [4.78, 5) is 11.9. The maximum atomic E-state index is 11.9. The second kappa shape index (κ2) is 6.61. The topological polar surface area (TPSA) is 64.3 Å². The number of nitrogen functional groups attached to an aromatic ring is 1. The number of amides is 1. The Morgan fingerprint density at radius 2 is 1.85 bits per heavy atom. The molecule has 2 rings (SSSR count). The summed E-state index contributed by atoms with van der Waals surface area (Å²) in [5.74, 6) is 0.625. The molecule has 0 saturated carbocycles. The highest BCUT2D eigenvalue weighted by Gasteiger charge is 2.06. The molecule has 0 aliphatic rings. The van der Waals surface area contributed by atoms with Crippen molar-refractivity contribution in [2.45, 2.75) is 12.8 Å². The molecule has 2 aromatic rings. The van der Waals surface area contributed by atoms with Crippen LogP contribution in [0.2, 0.25) is 0 Å². The second-order valence-corrected chi connectivity index (χ2v) is 4.49. The third-order valence-electron chi connectivity index (χ3n) is 3.00. The highest BCUT2D eigenvalue weighted by molar-refractivity contribution is 5.92. The van der Waals surface area contributed by atoms with E-state index in [0.29, 0.717) is 24.3 Å². The molecule has 0 unspecified atom stereocenters. The summed E-state index contributed by atoms with van der Waals surface area (Å²) in [6.07, 6.45) is 1.10. The van der Waals surface area contributed by atoms with Crippen LogP contribution in [-0.2, 0) is 11.2 Å². The van der Waals surface area contributed by atoms with E-state index < -0.39 is 0 Å². The van der Waals surface area contributed by atoms with Gasteiger partial charge in [-0.15, -0.1) is 0 Å². The molecule has 104 valence electrons. The average Bonchev–Trinajstić information content (AvgIpc) is 2.47. The number of nitrogens with two attached hydrogens (primary N) is 1. The minimum absolute atomic E-state index is 0.0358. The van der Waals surface area contributed by atoms with E-state index in [1.54, 1.807) is 7.11 Å². The summed E-state index contributed by atoms with van der Waals surface area (Å²) in [6, 6.07) is 14.9. The number of carbonyl (C=O) groups is 1. The fourth-order valence-corrected chi connectivity index (χ4v) is 1.90. The largest absolute Gasteiger partial charge is 0.495 e. The van der Waals surface area contributed by atoms with E-state index in [2.05, 4.69) is 5.32 Å². The van der Waals surface area contributed by atoms with Crippen LogP contribution in [0, 0.1) is 0 Å². The molecular formula is C16H18N2O2. The molecule has 0 aromatic heterocycles. The van der Waals surface area contributed by atoms with Gasteiger partial charge in [0, 0.05) is 12.1 Å². The maximum absolute atomic E-state index is 11.9. The Bertz CT molecular complexity index is 579. The number of anilines is 2. The molecule has 0 atom stereocenters. The lowest BCUT2D eigenvalue weighted by Gasteiger charge is -2.09. The monoisotopic (exact) mass is 270 g/mol. The molecule has 20 heavy (non-hydrogen) atoms. The van der Waals surface area contributed by atoms with Crippen molar-refractivity contribution >= 4 is 17.3 Å². The molecule has 0 aliphatic carbocycles. The van der Waals surface area contributed by atoms with Gasteiger partial charge in [-0.05, 0) is 36.2 Å². The zero-order valence-electron chi connectivity index (χ0n) is 11.4. The zero-order chi connectivity index (χ0) is 14.4. The Morgan fingerprint density at radius 3 is 2.55 bits per heavy atom. The van der Waals surface area contributed by atoms with Gasteiger partial charge in [0.25, 0.3) is 0 Å². The van der Waals surface area contributed by atoms with E-state index in [1.165, 1.54) is 0 Å². The van der Waals surface area contributed by atoms with Gasteiger partial charge in [0.05, 0.1) is 12.8 Å². The van der Waals surface area contributed by atoms with Gasteiger partial charge in [0.2, 0.25) is 5.91 Å². The van der Waals surface area contributed by atoms with Crippen molar-refractivity contribution in [1.29, 1.82) is 0 Å². The molecule has 3 N–H and O–H groups in total. The predicted octanol–water partition coefficient (Wildman–Crippen LogP) is 2.85. The Labute approximate surface area is 118 Å². The number of nitrogens with one attached hydrogen (secondary N) is 1. The molecule has 1 amide bonds. The lowest BCUT2D eigenvalue weighted by Crippen LogP contribution is -2.13. The van der Waals surface area contributed by atoms with E-state index in [4.69, 9.17) is 10.5 Å². The third-order valence-corrected chi connectivity index (χ3v) is 3.00. The molecular weight excluding hydrogens is 252 g/mol. The maximum Gasteiger partial charge on any atom is 0.224 e. The average molecular weight is 270 g/mol. The minimum atomic E-state index is -0.0358. The molecule has 0 heterocycles. The van der Waals surface area contributed by atoms with E-state index >= 15 is 0 Å². The molecule has 0 spiro atoms. The van der Waals surface area contributed by atoms with Crippen molar-refractivity contribution in [1.82, 2.24) is 0 Å². The molecule has 0 bridgehead atoms. The minimum Gasteiger partial charge on any atom is -0.495 e.